The number of hydrogen-bond donors (Lipinski definition) is 1. The van der Waals surface area contributed by atoms with E-state index in [0.717, 1.165) is 35.7 Å². The molecule has 28 heavy (non-hydrogen) atoms. The topological polar surface area (TPSA) is 30.5 Å². The summed E-state index contributed by atoms with van der Waals surface area (Å²) in [6.45, 7) is 8.86. The molecule has 3 heteroatoms. The Morgan fingerprint density at radius 2 is 1.36 bits per heavy atom. The molecule has 3 aromatic rings. The third kappa shape index (κ3) is 5.61. The minimum Gasteiger partial charge on any atom is -0.490 e. The lowest BCUT2D eigenvalue weighted by Gasteiger charge is -2.17. The third-order valence-corrected chi connectivity index (χ3v) is 4.63. The van der Waals surface area contributed by atoms with Crippen molar-refractivity contribution < 1.29 is 9.47 Å². The Hall–Kier alpha value is -2.78. The van der Waals surface area contributed by atoms with Crippen molar-refractivity contribution in [2.24, 2.45) is 0 Å². The standard InChI is InChI=1S/C25H29NO2/c1-4-27-24-7-5-6-23(17-26-16-21-12-8-19(2)9-13-21)25(24)28-18-22-14-10-20(3)11-15-22/h5-15,26H,4,16-18H2,1-3H3. The van der Waals surface area contributed by atoms with Gasteiger partial charge in [0.2, 0.25) is 0 Å². The lowest BCUT2D eigenvalue weighted by molar-refractivity contribution is 0.266. The molecule has 0 aliphatic heterocycles. The minimum absolute atomic E-state index is 0.523. The molecule has 0 aliphatic rings. The summed E-state index contributed by atoms with van der Waals surface area (Å²) in [6.07, 6.45) is 0. The fraction of sp³-hybridized carbons (Fsp3) is 0.280. The molecular formula is C25H29NO2. The molecule has 0 saturated carbocycles. The molecule has 0 amide bonds. The summed E-state index contributed by atoms with van der Waals surface area (Å²) in [5.74, 6) is 1.62. The van der Waals surface area contributed by atoms with E-state index in [-0.39, 0.29) is 0 Å². The van der Waals surface area contributed by atoms with Crippen molar-refractivity contribution in [1.29, 1.82) is 0 Å². The lowest BCUT2D eigenvalue weighted by Crippen LogP contribution is -2.14. The zero-order valence-corrected chi connectivity index (χ0v) is 17.0. The van der Waals surface area contributed by atoms with Gasteiger partial charge < -0.3 is 14.8 Å². The maximum Gasteiger partial charge on any atom is 0.166 e. The first kappa shape index (κ1) is 20.0. The molecule has 1 N–H and O–H groups in total. The lowest BCUT2D eigenvalue weighted by atomic mass is 10.1. The van der Waals surface area contributed by atoms with Crippen LogP contribution < -0.4 is 14.8 Å². The monoisotopic (exact) mass is 375 g/mol. The normalized spacial score (nSPS) is 10.7. The molecule has 0 radical (unpaired) electrons. The van der Waals surface area contributed by atoms with Gasteiger partial charge in [0.1, 0.15) is 6.61 Å². The van der Waals surface area contributed by atoms with Crippen molar-refractivity contribution in [2.75, 3.05) is 6.61 Å². The van der Waals surface area contributed by atoms with Crippen LogP contribution in [0.3, 0.4) is 0 Å². The predicted molar refractivity (Wildman–Crippen MR) is 115 cm³/mol. The summed E-state index contributed by atoms with van der Waals surface area (Å²) in [6, 6.07) is 23.1. The van der Waals surface area contributed by atoms with Crippen LogP contribution >= 0.6 is 0 Å². The van der Waals surface area contributed by atoms with Crippen molar-refractivity contribution in [3.8, 4) is 11.5 Å². The summed E-state index contributed by atoms with van der Waals surface area (Å²) in [5.41, 5.74) is 6.05. The zero-order chi connectivity index (χ0) is 19.8. The van der Waals surface area contributed by atoms with Gasteiger partial charge in [0, 0.05) is 18.7 Å². The number of benzene rings is 3. The Kier molecular flexibility index (Phi) is 7.10. The average molecular weight is 376 g/mol. The van der Waals surface area contributed by atoms with E-state index in [1.807, 2.05) is 19.1 Å². The quantitative estimate of drug-likeness (QED) is 0.530. The van der Waals surface area contributed by atoms with Gasteiger partial charge in [-0.05, 0) is 38.0 Å². The first-order valence-corrected chi connectivity index (χ1v) is 9.85. The maximum absolute atomic E-state index is 6.20. The highest BCUT2D eigenvalue weighted by molar-refractivity contribution is 5.47. The summed E-state index contributed by atoms with van der Waals surface area (Å²) in [5, 5.41) is 3.52. The Morgan fingerprint density at radius 1 is 0.714 bits per heavy atom. The third-order valence-electron chi connectivity index (χ3n) is 4.63. The molecule has 146 valence electrons. The highest BCUT2D eigenvalue weighted by Crippen LogP contribution is 2.32. The first-order valence-electron chi connectivity index (χ1n) is 9.85. The molecule has 0 aromatic heterocycles. The SMILES string of the molecule is CCOc1cccc(CNCc2ccc(C)cc2)c1OCc1ccc(C)cc1. The Bertz CT molecular complexity index is 870. The van der Waals surface area contributed by atoms with Crippen LogP contribution in [-0.2, 0) is 19.7 Å². The molecule has 3 aromatic carbocycles. The Morgan fingerprint density at radius 3 is 2.00 bits per heavy atom. The fourth-order valence-electron chi connectivity index (χ4n) is 3.02. The van der Waals surface area contributed by atoms with Crippen molar-refractivity contribution in [2.45, 2.75) is 40.5 Å². The molecule has 0 heterocycles. The van der Waals surface area contributed by atoms with Crippen molar-refractivity contribution in [1.82, 2.24) is 5.32 Å². The van der Waals surface area contributed by atoms with Crippen molar-refractivity contribution in [3.63, 3.8) is 0 Å². The van der Waals surface area contributed by atoms with Crippen LogP contribution in [0.2, 0.25) is 0 Å². The number of aryl methyl sites for hydroxylation is 2. The predicted octanol–water partition coefficient (Wildman–Crippen LogP) is 5.57. The van der Waals surface area contributed by atoms with Crippen LogP contribution in [0, 0.1) is 13.8 Å². The van der Waals surface area contributed by atoms with E-state index < -0.39 is 0 Å². The maximum atomic E-state index is 6.20. The second kappa shape index (κ2) is 9.95. The van der Waals surface area contributed by atoms with Gasteiger partial charge in [0.25, 0.3) is 0 Å². The summed E-state index contributed by atoms with van der Waals surface area (Å²) >= 11 is 0. The number of ether oxygens (including phenoxy) is 2. The van der Waals surface area contributed by atoms with Crippen molar-refractivity contribution >= 4 is 0 Å². The van der Waals surface area contributed by atoms with E-state index in [4.69, 9.17) is 9.47 Å². The van der Waals surface area contributed by atoms with Gasteiger partial charge in [-0.2, -0.15) is 0 Å². The molecule has 3 rings (SSSR count). The molecule has 0 saturated heterocycles. The van der Waals surface area contributed by atoms with Crippen LogP contribution in [0.15, 0.2) is 66.7 Å². The fourth-order valence-corrected chi connectivity index (χ4v) is 3.02. The van der Waals surface area contributed by atoms with E-state index in [2.05, 4.69) is 73.8 Å². The zero-order valence-electron chi connectivity index (χ0n) is 17.0. The Labute approximate surface area is 168 Å². The smallest absolute Gasteiger partial charge is 0.166 e. The molecule has 0 atom stereocenters. The van der Waals surface area contributed by atoms with Gasteiger partial charge in [-0.15, -0.1) is 0 Å². The minimum atomic E-state index is 0.523. The molecule has 0 spiro atoms. The summed E-state index contributed by atoms with van der Waals surface area (Å²) < 4.78 is 12.0. The largest absolute Gasteiger partial charge is 0.490 e. The number of nitrogens with one attached hydrogen (secondary N) is 1. The average Bonchev–Trinajstić information content (AvgIpc) is 2.70. The molecular weight excluding hydrogens is 346 g/mol. The first-order chi connectivity index (χ1) is 13.7. The molecule has 0 unspecified atom stereocenters. The van der Waals surface area contributed by atoms with Crippen LogP contribution in [0.5, 0.6) is 11.5 Å². The van der Waals surface area contributed by atoms with Gasteiger partial charge in [0.15, 0.2) is 11.5 Å². The molecule has 0 bridgehead atoms. The van der Waals surface area contributed by atoms with Crippen LogP contribution in [0.25, 0.3) is 0 Å². The van der Waals surface area contributed by atoms with E-state index >= 15 is 0 Å². The van der Waals surface area contributed by atoms with Gasteiger partial charge in [-0.3, -0.25) is 0 Å². The summed E-state index contributed by atoms with van der Waals surface area (Å²) in [4.78, 5) is 0. The number of para-hydroxylation sites is 1. The highest BCUT2D eigenvalue weighted by atomic mass is 16.5. The highest BCUT2D eigenvalue weighted by Gasteiger charge is 2.11. The number of hydrogen-bond acceptors (Lipinski definition) is 3. The van der Waals surface area contributed by atoms with Gasteiger partial charge in [-0.1, -0.05) is 71.8 Å². The Balaban J connectivity index is 1.69. The molecule has 0 aliphatic carbocycles. The van der Waals surface area contributed by atoms with E-state index in [0.29, 0.717) is 13.2 Å². The van der Waals surface area contributed by atoms with Crippen LogP contribution in [0.1, 0.15) is 34.7 Å². The van der Waals surface area contributed by atoms with Crippen LogP contribution in [-0.4, -0.2) is 6.61 Å². The molecule has 3 nitrogen and oxygen atoms in total. The van der Waals surface area contributed by atoms with E-state index in [1.54, 1.807) is 0 Å². The number of rotatable bonds is 9. The van der Waals surface area contributed by atoms with Gasteiger partial charge in [0.05, 0.1) is 6.61 Å². The van der Waals surface area contributed by atoms with Crippen molar-refractivity contribution in [3.05, 3.63) is 94.5 Å². The van der Waals surface area contributed by atoms with Crippen LogP contribution in [0.4, 0.5) is 0 Å². The van der Waals surface area contributed by atoms with Gasteiger partial charge in [-0.25, -0.2) is 0 Å². The second-order valence-corrected chi connectivity index (χ2v) is 7.04. The summed E-state index contributed by atoms with van der Waals surface area (Å²) in [7, 11) is 0. The van der Waals surface area contributed by atoms with Gasteiger partial charge >= 0.3 is 0 Å². The van der Waals surface area contributed by atoms with E-state index in [1.165, 1.54) is 16.7 Å². The van der Waals surface area contributed by atoms with E-state index in [9.17, 15) is 0 Å². The molecule has 0 fully saturated rings. The second-order valence-electron chi connectivity index (χ2n) is 7.04.